The van der Waals surface area contributed by atoms with Crippen molar-refractivity contribution in [1.29, 1.82) is 0 Å². The van der Waals surface area contributed by atoms with Gasteiger partial charge >= 0.3 is 0 Å². The van der Waals surface area contributed by atoms with Crippen molar-refractivity contribution in [3.63, 3.8) is 0 Å². The molecule has 1 heterocycles. The number of amides is 1. The number of anilines is 1. The molecule has 1 aromatic heterocycles. The minimum atomic E-state index is -0.553. The number of nitrogens with one attached hydrogen (secondary N) is 1. The van der Waals surface area contributed by atoms with Gasteiger partial charge in [-0.2, -0.15) is 0 Å². The first-order valence-corrected chi connectivity index (χ1v) is 9.69. The molecule has 0 unspecified atom stereocenters. The monoisotopic (exact) mass is 441 g/mol. The van der Waals surface area contributed by atoms with Crippen LogP contribution in [-0.4, -0.2) is 11.7 Å². The summed E-state index contributed by atoms with van der Waals surface area (Å²) in [5.74, 6) is -1.69. The Balaban J connectivity index is 1.79. The van der Waals surface area contributed by atoms with E-state index < -0.39 is 17.5 Å². The number of hydrogen-bond acceptors (Lipinski definition) is 3. The second-order valence-electron chi connectivity index (χ2n) is 6.67. The highest BCUT2D eigenvalue weighted by molar-refractivity contribution is 6.37. The lowest BCUT2D eigenvalue weighted by Crippen LogP contribution is -2.15. The van der Waals surface area contributed by atoms with Gasteiger partial charge in [0.15, 0.2) is 5.76 Å². The van der Waals surface area contributed by atoms with Gasteiger partial charge in [0.05, 0.1) is 16.3 Å². The van der Waals surface area contributed by atoms with Gasteiger partial charge in [-0.25, -0.2) is 4.39 Å². The third-order valence-electron chi connectivity index (χ3n) is 4.65. The van der Waals surface area contributed by atoms with E-state index in [-0.39, 0.29) is 27.6 Å². The molecule has 0 fully saturated rings. The molecule has 30 heavy (non-hydrogen) atoms. The number of rotatable bonds is 4. The number of hydrogen-bond donors (Lipinski definition) is 1. The molecule has 0 saturated heterocycles. The molecule has 4 aromatic rings. The summed E-state index contributed by atoms with van der Waals surface area (Å²) in [4.78, 5) is 25.9. The molecular formula is C23H14Cl2FNO3. The minimum absolute atomic E-state index is 0.0992. The first-order valence-electron chi connectivity index (χ1n) is 8.94. The van der Waals surface area contributed by atoms with Gasteiger partial charge in [0.25, 0.3) is 5.91 Å². The molecule has 7 heteroatoms. The summed E-state index contributed by atoms with van der Waals surface area (Å²) in [6, 6.07) is 15.5. The van der Waals surface area contributed by atoms with Crippen molar-refractivity contribution in [3.05, 3.63) is 99.0 Å². The Kier molecular flexibility index (Phi) is 5.33. The van der Waals surface area contributed by atoms with Crippen LogP contribution in [-0.2, 0) is 0 Å². The molecule has 0 atom stereocenters. The van der Waals surface area contributed by atoms with E-state index in [1.54, 1.807) is 31.2 Å². The van der Waals surface area contributed by atoms with Crippen LogP contribution in [0.25, 0.3) is 11.0 Å². The van der Waals surface area contributed by atoms with E-state index in [9.17, 15) is 14.0 Å². The molecule has 1 amide bonds. The Bertz CT molecular complexity index is 1310. The van der Waals surface area contributed by atoms with Gasteiger partial charge in [-0.15, -0.1) is 0 Å². The van der Waals surface area contributed by atoms with Crippen molar-refractivity contribution in [2.24, 2.45) is 0 Å². The van der Waals surface area contributed by atoms with Crippen molar-refractivity contribution in [1.82, 2.24) is 0 Å². The second-order valence-corrected chi connectivity index (χ2v) is 7.52. The quantitative estimate of drug-likeness (QED) is 0.359. The fourth-order valence-corrected chi connectivity index (χ4v) is 3.54. The molecule has 0 aliphatic rings. The number of halogens is 3. The molecule has 0 aliphatic carbocycles. The van der Waals surface area contributed by atoms with E-state index in [0.29, 0.717) is 21.6 Å². The van der Waals surface area contributed by atoms with Gasteiger partial charge in [0.2, 0.25) is 5.78 Å². The summed E-state index contributed by atoms with van der Waals surface area (Å²) in [5.41, 5.74) is 1.31. The van der Waals surface area contributed by atoms with Gasteiger partial charge in [-0.1, -0.05) is 47.5 Å². The maximum atomic E-state index is 14.0. The molecule has 0 spiro atoms. The van der Waals surface area contributed by atoms with Crippen LogP contribution in [0.15, 0.2) is 65.1 Å². The van der Waals surface area contributed by atoms with Crippen LogP contribution < -0.4 is 5.32 Å². The van der Waals surface area contributed by atoms with Crippen LogP contribution in [0.4, 0.5) is 10.1 Å². The topological polar surface area (TPSA) is 59.3 Å². The molecule has 4 nitrogen and oxygen atoms in total. The number of carbonyl (C=O) groups is 2. The van der Waals surface area contributed by atoms with Crippen LogP contribution in [0.2, 0.25) is 10.0 Å². The maximum Gasteiger partial charge on any atom is 0.257 e. The Morgan fingerprint density at radius 3 is 2.50 bits per heavy atom. The molecule has 0 radical (unpaired) electrons. The Morgan fingerprint density at radius 1 is 1.00 bits per heavy atom. The first kappa shape index (κ1) is 20.1. The average molecular weight is 442 g/mol. The predicted octanol–water partition coefficient (Wildman–Crippen LogP) is 6.67. The van der Waals surface area contributed by atoms with Crippen molar-refractivity contribution in [3.8, 4) is 0 Å². The smallest absolute Gasteiger partial charge is 0.257 e. The zero-order valence-corrected chi connectivity index (χ0v) is 17.1. The van der Waals surface area contributed by atoms with Crippen LogP contribution in [0.3, 0.4) is 0 Å². The molecule has 0 bridgehead atoms. The third-order valence-corrected chi connectivity index (χ3v) is 5.20. The van der Waals surface area contributed by atoms with Gasteiger partial charge in [-0.3, -0.25) is 9.59 Å². The van der Waals surface area contributed by atoms with Crippen molar-refractivity contribution in [2.45, 2.75) is 6.92 Å². The lowest BCUT2D eigenvalue weighted by molar-refractivity contribution is 0.101. The Morgan fingerprint density at radius 2 is 1.77 bits per heavy atom. The predicted molar refractivity (Wildman–Crippen MR) is 115 cm³/mol. The average Bonchev–Trinajstić information content (AvgIpc) is 3.08. The maximum absolute atomic E-state index is 14.0. The highest BCUT2D eigenvalue weighted by atomic mass is 35.5. The molecule has 3 aromatic carbocycles. The lowest BCUT2D eigenvalue weighted by Gasteiger charge is -2.08. The molecule has 1 N–H and O–H groups in total. The van der Waals surface area contributed by atoms with Crippen LogP contribution in [0.1, 0.15) is 32.0 Å². The first-order chi connectivity index (χ1) is 14.3. The van der Waals surface area contributed by atoms with E-state index in [2.05, 4.69) is 5.32 Å². The van der Waals surface area contributed by atoms with Crippen molar-refractivity contribution >= 4 is 51.5 Å². The normalized spacial score (nSPS) is 10.9. The van der Waals surface area contributed by atoms with Crippen molar-refractivity contribution < 1.29 is 18.4 Å². The van der Waals surface area contributed by atoms with Crippen LogP contribution in [0.5, 0.6) is 0 Å². The fraction of sp³-hybridized carbons (Fsp3) is 0.0435. The fourth-order valence-electron chi connectivity index (χ4n) is 3.05. The molecule has 0 saturated carbocycles. The zero-order valence-electron chi connectivity index (χ0n) is 15.6. The van der Waals surface area contributed by atoms with Gasteiger partial charge in [0, 0.05) is 16.0 Å². The van der Waals surface area contributed by atoms with Crippen LogP contribution in [0, 0.1) is 12.7 Å². The largest absolute Gasteiger partial charge is 0.450 e. The summed E-state index contributed by atoms with van der Waals surface area (Å²) in [5, 5.41) is 3.81. The van der Waals surface area contributed by atoms with E-state index in [1.807, 2.05) is 0 Å². The Hall–Kier alpha value is -3.15. The van der Waals surface area contributed by atoms with Gasteiger partial charge < -0.3 is 9.73 Å². The SMILES string of the molecule is Cc1ccc(C(=O)c2oc3ccccc3c2NC(=O)c2ccc(Cl)cc2Cl)cc1F. The van der Waals surface area contributed by atoms with Crippen molar-refractivity contribution in [2.75, 3.05) is 5.32 Å². The van der Waals surface area contributed by atoms with Crippen LogP contribution >= 0.6 is 23.2 Å². The minimum Gasteiger partial charge on any atom is -0.450 e. The van der Waals surface area contributed by atoms with Gasteiger partial charge in [0.1, 0.15) is 11.4 Å². The summed E-state index contributed by atoms with van der Waals surface area (Å²) >= 11 is 12.0. The lowest BCUT2D eigenvalue weighted by atomic mass is 10.0. The summed E-state index contributed by atoms with van der Waals surface area (Å²) in [6.45, 7) is 1.60. The number of carbonyl (C=O) groups excluding carboxylic acids is 2. The second kappa shape index (κ2) is 7.94. The van der Waals surface area contributed by atoms with E-state index in [4.69, 9.17) is 27.6 Å². The highest BCUT2D eigenvalue weighted by Crippen LogP contribution is 2.33. The summed E-state index contributed by atoms with van der Waals surface area (Å²) < 4.78 is 19.7. The van der Waals surface area contributed by atoms with E-state index in [0.717, 1.165) is 6.07 Å². The number of para-hydroxylation sites is 1. The van der Waals surface area contributed by atoms with E-state index >= 15 is 0 Å². The third kappa shape index (κ3) is 3.70. The number of fused-ring (bicyclic) bond motifs is 1. The molecule has 0 aliphatic heterocycles. The number of benzene rings is 3. The van der Waals surface area contributed by atoms with E-state index in [1.165, 1.54) is 30.3 Å². The van der Waals surface area contributed by atoms with Gasteiger partial charge in [-0.05, 0) is 48.9 Å². The molecule has 150 valence electrons. The standard InChI is InChI=1S/C23H14Cl2FNO3/c1-12-6-7-13(10-18(12)26)21(28)22-20(16-4-2-3-5-19(16)30-22)27-23(29)15-9-8-14(24)11-17(15)25/h2-11H,1H3,(H,27,29). The summed E-state index contributed by atoms with van der Waals surface area (Å²) in [6.07, 6.45) is 0. The molecular weight excluding hydrogens is 428 g/mol. The highest BCUT2D eigenvalue weighted by Gasteiger charge is 2.25. The Labute approximate surface area is 181 Å². The number of furan rings is 1. The zero-order chi connectivity index (χ0) is 21.4. The molecule has 4 rings (SSSR count). The summed E-state index contributed by atoms with van der Waals surface area (Å²) in [7, 11) is 0. The number of ketones is 1. The number of aryl methyl sites for hydroxylation is 1.